The number of aliphatic hydroxyl groups is 2. The Labute approximate surface area is 609 Å². The summed E-state index contributed by atoms with van der Waals surface area (Å²) in [5.41, 5.74) is 0. The molecule has 0 bridgehead atoms. The van der Waals surface area contributed by atoms with Gasteiger partial charge in [0, 0.05) is 25.7 Å². The molecular formula is C82H152O18. The minimum Gasteiger partial charge on any atom is -0.462 e. The van der Waals surface area contributed by atoms with Crippen LogP contribution in [0, 0.1) is 0 Å². The molecule has 1 aliphatic heterocycles. The van der Waals surface area contributed by atoms with Crippen LogP contribution < -0.4 is 0 Å². The molecule has 0 aliphatic carbocycles. The van der Waals surface area contributed by atoms with Crippen LogP contribution in [0.1, 0.15) is 415 Å². The molecule has 100 heavy (non-hydrogen) atoms. The van der Waals surface area contributed by atoms with Crippen molar-refractivity contribution < 1.29 is 86.5 Å². The number of carbonyl (C=O) groups is 8. The van der Waals surface area contributed by atoms with Gasteiger partial charge in [0.15, 0.2) is 30.5 Å². The fourth-order valence-corrected chi connectivity index (χ4v) is 11.6. The molecule has 1 heterocycles. The standard InChI is InChI=1S/C41H76O9.C35H68O5.C6H8O4/c1-5-7-9-11-13-15-17-19-21-23-25-27-29-31-38(43)47-33-37(34-48-41(46)36(4)49-40(45)35(3)42)50-39(44)32-30-28-26-24-22-20-18-16-14-12-10-8-6-2;1-3-5-7-9-11-13-15-17-19-21-23-25-27-29-34(37)39-32-33(31-36)40-35(38)30-28-26-24-22-20-18-16-14-12-10-8-6-4-2;1-3-5(7)10-4(2)6(8)9-3/h35-37,42H,5-34H2,1-4H3;33,36H,3-32H2,1-2H3;3-4H,1-2H3/t35-,36+,37?;;3-,4-/m1.0/s1. The molecule has 18 nitrogen and oxygen atoms in total. The van der Waals surface area contributed by atoms with Gasteiger partial charge in [-0.3, -0.25) is 19.2 Å². The number of aliphatic hydroxyl groups excluding tert-OH is 2. The van der Waals surface area contributed by atoms with Crippen LogP contribution in [0.2, 0.25) is 0 Å². The van der Waals surface area contributed by atoms with E-state index in [4.69, 9.17) is 28.4 Å². The average Bonchev–Trinajstić information content (AvgIpc) is 0.939. The molecule has 0 spiro atoms. The SMILES string of the molecule is CCCCCCCCCCCCCCCC(=O)OCC(CO)OC(=O)CCCCCCCCCCCCCCC.CCCCCCCCCCCCCCCC(=O)OCC(COC(=O)[C@H](C)OC(=O)[C@@H](C)O)OC(=O)CCCCCCCCCCCCCCC.C[C@@H]1OC(=O)[C@H](C)OC1=O. The molecular weight excluding hydrogens is 1270 g/mol. The van der Waals surface area contributed by atoms with Crippen molar-refractivity contribution in [3.05, 3.63) is 0 Å². The van der Waals surface area contributed by atoms with E-state index in [-0.39, 0.29) is 57.2 Å². The zero-order valence-electron chi connectivity index (χ0n) is 65.3. The Morgan fingerprint density at radius 1 is 0.320 bits per heavy atom. The third-order valence-corrected chi connectivity index (χ3v) is 18.2. The molecule has 588 valence electrons. The second-order valence-corrected chi connectivity index (χ2v) is 28.3. The molecule has 1 aliphatic rings. The molecule has 0 saturated carbocycles. The van der Waals surface area contributed by atoms with Crippen molar-refractivity contribution in [2.24, 2.45) is 0 Å². The number of rotatable bonds is 68. The van der Waals surface area contributed by atoms with Gasteiger partial charge in [-0.05, 0) is 53.4 Å². The van der Waals surface area contributed by atoms with E-state index in [9.17, 15) is 48.6 Å². The zero-order chi connectivity index (χ0) is 74.2. The summed E-state index contributed by atoms with van der Waals surface area (Å²) < 4.78 is 40.8. The second-order valence-electron chi connectivity index (χ2n) is 28.3. The Kier molecular flexibility index (Phi) is 72.7. The second kappa shape index (κ2) is 74.4. The van der Waals surface area contributed by atoms with Crippen LogP contribution in [-0.2, 0) is 76.3 Å². The minimum atomic E-state index is -1.38. The van der Waals surface area contributed by atoms with Crippen molar-refractivity contribution in [3.8, 4) is 0 Å². The first-order chi connectivity index (χ1) is 48.4. The van der Waals surface area contributed by atoms with Gasteiger partial charge >= 0.3 is 47.8 Å². The van der Waals surface area contributed by atoms with Crippen molar-refractivity contribution in [1.82, 2.24) is 0 Å². The van der Waals surface area contributed by atoms with Crippen LogP contribution in [0.4, 0.5) is 0 Å². The van der Waals surface area contributed by atoms with Crippen LogP contribution in [0.25, 0.3) is 0 Å². The molecule has 0 radical (unpaired) electrons. The lowest BCUT2D eigenvalue weighted by Gasteiger charge is -2.22. The normalized spacial score (nSPS) is 14.6. The number of esters is 8. The van der Waals surface area contributed by atoms with Gasteiger partial charge in [0.1, 0.15) is 25.9 Å². The highest BCUT2D eigenvalue weighted by Crippen LogP contribution is 2.19. The predicted octanol–water partition coefficient (Wildman–Crippen LogP) is 20.5. The highest BCUT2D eigenvalue weighted by atomic mass is 16.7. The van der Waals surface area contributed by atoms with E-state index in [0.717, 1.165) is 70.6 Å². The van der Waals surface area contributed by atoms with Crippen molar-refractivity contribution >= 4 is 47.8 Å². The summed E-state index contributed by atoms with van der Waals surface area (Å²) in [6, 6.07) is 0. The molecule has 2 N–H and O–H groups in total. The molecule has 1 saturated heterocycles. The maximum Gasteiger partial charge on any atom is 0.347 e. The van der Waals surface area contributed by atoms with Crippen molar-refractivity contribution in [3.63, 3.8) is 0 Å². The number of ether oxygens (including phenoxy) is 8. The fourth-order valence-electron chi connectivity index (χ4n) is 11.6. The van der Waals surface area contributed by atoms with Gasteiger partial charge in [-0.25, -0.2) is 19.2 Å². The Morgan fingerprint density at radius 2 is 0.540 bits per heavy atom. The van der Waals surface area contributed by atoms with Crippen LogP contribution in [-0.4, -0.2) is 121 Å². The highest BCUT2D eigenvalue weighted by molar-refractivity contribution is 5.87. The molecule has 0 aromatic heterocycles. The quantitative estimate of drug-likeness (QED) is 0.0326. The number of unbranched alkanes of at least 4 members (excludes halogenated alkanes) is 48. The summed E-state index contributed by atoms with van der Waals surface area (Å²) >= 11 is 0. The van der Waals surface area contributed by atoms with Crippen molar-refractivity contribution in [2.75, 3.05) is 26.4 Å². The van der Waals surface area contributed by atoms with E-state index in [1.165, 1.54) is 285 Å². The first-order valence-electron chi connectivity index (χ1n) is 41.2. The molecule has 1 rings (SSSR count). The van der Waals surface area contributed by atoms with Crippen molar-refractivity contribution in [1.29, 1.82) is 0 Å². The average molecular weight is 1430 g/mol. The first-order valence-corrected chi connectivity index (χ1v) is 41.2. The summed E-state index contributed by atoms with van der Waals surface area (Å²) in [7, 11) is 0. The summed E-state index contributed by atoms with van der Waals surface area (Å²) in [6.45, 7) is 13.6. The smallest absolute Gasteiger partial charge is 0.347 e. The van der Waals surface area contributed by atoms with E-state index in [1.54, 1.807) is 0 Å². The van der Waals surface area contributed by atoms with Gasteiger partial charge in [-0.1, -0.05) is 336 Å². The topological polar surface area (TPSA) is 251 Å². The predicted molar refractivity (Wildman–Crippen MR) is 399 cm³/mol. The molecule has 1 fully saturated rings. The zero-order valence-corrected chi connectivity index (χ0v) is 65.3. The van der Waals surface area contributed by atoms with E-state index in [2.05, 4.69) is 37.2 Å². The van der Waals surface area contributed by atoms with Gasteiger partial charge in [-0.15, -0.1) is 0 Å². The third kappa shape index (κ3) is 68.1. The van der Waals surface area contributed by atoms with Gasteiger partial charge in [0.2, 0.25) is 0 Å². The molecule has 0 amide bonds. The monoisotopic (exact) mass is 1430 g/mol. The number of hydrogen-bond donors (Lipinski definition) is 2. The Hall–Kier alpha value is -4.32. The van der Waals surface area contributed by atoms with Crippen LogP contribution in [0.3, 0.4) is 0 Å². The van der Waals surface area contributed by atoms with Gasteiger partial charge < -0.3 is 48.1 Å². The van der Waals surface area contributed by atoms with Gasteiger partial charge in [0.05, 0.1) is 6.61 Å². The van der Waals surface area contributed by atoms with E-state index >= 15 is 0 Å². The summed E-state index contributed by atoms with van der Waals surface area (Å²) in [5, 5.41) is 18.8. The summed E-state index contributed by atoms with van der Waals surface area (Å²) in [5.74, 6) is -4.15. The lowest BCUT2D eigenvalue weighted by molar-refractivity contribution is -0.191. The molecule has 2 unspecified atom stereocenters. The van der Waals surface area contributed by atoms with Crippen LogP contribution in [0.15, 0.2) is 0 Å². The summed E-state index contributed by atoms with van der Waals surface area (Å²) in [6.07, 6.45) is 59.9. The lowest BCUT2D eigenvalue weighted by Crippen LogP contribution is -2.40. The molecule has 18 heteroatoms. The first kappa shape index (κ1) is 97.7. The van der Waals surface area contributed by atoms with Crippen LogP contribution >= 0.6 is 0 Å². The number of cyclic esters (lactones) is 2. The highest BCUT2D eigenvalue weighted by Gasteiger charge is 2.32. The van der Waals surface area contributed by atoms with Gasteiger partial charge in [0.25, 0.3) is 0 Å². The maximum absolute atomic E-state index is 12.6. The van der Waals surface area contributed by atoms with E-state index in [1.807, 2.05) is 0 Å². The fraction of sp³-hybridized carbons (Fsp3) is 0.902. The molecule has 0 aromatic carbocycles. The number of carbonyl (C=O) groups excluding carboxylic acids is 8. The van der Waals surface area contributed by atoms with Crippen molar-refractivity contribution in [2.45, 2.75) is 452 Å². The number of hydrogen-bond acceptors (Lipinski definition) is 18. The molecule has 0 aromatic rings. The lowest BCUT2D eigenvalue weighted by atomic mass is 10.0. The van der Waals surface area contributed by atoms with Crippen LogP contribution in [0.5, 0.6) is 0 Å². The largest absolute Gasteiger partial charge is 0.462 e. The maximum atomic E-state index is 12.6. The molecule has 6 atom stereocenters. The summed E-state index contributed by atoms with van der Waals surface area (Å²) in [4.78, 5) is 94.4. The Balaban J connectivity index is 0. The van der Waals surface area contributed by atoms with E-state index in [0.29, 0.717) is 19.3 Å². The third-order valence-electron chi connectivity index (χ3n) is 18.2. The Bertz CT molecular complexity index is 1910. The minimum absolute atomic E-state index is 0.0574. The Morgan fingerprint density at radius 3 is 0.790 bits per heavy atom. The van der Waals surface area contributed by atoms with Gasteiger partial charge in [-0.2, -0.15) is 0 Å². The van der Waals surface area contributed by atoms with E-state index < -0.39 is 66.5 Å².